The van der Waals surface area contributed by atoms with Crippen LogP contribution in [0.2, 0.25) is 0 Å². The van der Waals surface area contributed by atoms with Gasteiger partial charge in [-0.2, -0.15) is 36.4 Å². The van der Waals surface area contributed by atoms with Crippen LogP contribution in [0.3, 0.4) is 0 Å². The summed E-state index contributed by atoms with van der Waals surface area (Å²) in [6.45, 7) is 11.6. The molecular weight excluding hydrogens is 417 g/mol. The third kappa shape index (κ3) is 8.31. The fourth-order valence-corrected chi connectivity index (χ4v) is 2.47. The summed E-state index contributed by atoms with van der Waals surface area (Å²) in [4.78, 5) is 0. The average Bonchev–Trinajstić information content (AvgIpc) is 3.39. The van der Waals surface area contributed by atoms with Crippen molar-refractivity contribution in [1.82, 2.24) is 0 Å². The molecule has 0 bridgehead atoms. The van der Waals surface area contributed by atoms with Gasteiger partial charge >= 0.3 is 0 Å². The fourth-order valence-electron chi connectivity index (χ4n) is 2.47. The van der Waals surface area contributed by atoms with E-state index >= 15 is 0 Å². The number of aliphatic hydroxyl groups excluding tert-OH is 1. The minimum absolute atomic E-state index is 0. The van der Waals surface area contributed by atoms with Gasteiger partial charge in [0.25, 0.3) is 0 Å². The molecule has 1 radical (unpaired) electrons. The van der Waals surface area contributed by atoms with Crippen molar-refractivity contribution in [2.24, 2.45) is 0 Å². The van der Waals surface area contributed by atoms with Gasteiger partial charge in [-0.15, -0.1) is 22.3 Å². The van der Waals surface area contributed by atoms with Gasteiger partial charge < -0.3 is 19.3 Å². The topological polar surface area (TPSA) is 51.2 Å². The number of aliphatic hydroxyl groups is 1. The Morgan fingerprint density at radius 2 is 1.37 bits per heavy atom. The molecule has 1 fully saturated rings. The third-order valence-corrected chi connectivity index (χ3v) is 3.92. The number of benzene rings is 2. The van der Waals surface area contributed by atoms with Crippen molar-refractivity contribution >= 4 is 0 Å². The molecule has 1 saturated heterocycles. The van der Waals surface area contributed by atoms with Crippen molar-refractivity contribution < 1.29 is 52.0 Å². The molecule has 2 atom stereocenters. The van der Waals surface area contributed by atoms with Gasteiger partial charge in [0.2, 0.25) is 0 Å². The van der Waals surface area contributed by atoms with Crippen LogP contribution in [0.15, 0.2) is 24.3 Å². The maximum Gasteiger partial charge on any atom is 0.115 e. The molecule has 1 N–H and O–H groups in total. The Labute approximate surface area is 188 Å². The first-order valence-electron chi connectivity index (χ1n) is 8.88. The molecule has 2 aromatic rings. The van der Waals surface area contributed by atoms with Crippen LogP contribution >= 0.6 is 0 Å². The SMILES string of the molecule is Cc1c[c-]cc(C)c1OCC(C)O.Cc1c[c-]cc(C)c1OCC1CO1.[Y]. The summed E-state index contributed by atoms with van der Waals surface area (Å²) in [6.07, 6.45) is -0.106. The van der Waals surface area contributed by atoms with Crippen LogP contribution in [-0.4, -0.2) is 37.1 Å². The largest absolute Gasteiger partial charge is 0.516 e. The first-order valence-corrected chi connectivity index (χ1v) is 8.88. The molecule has 0 spiro atoms. The first-order chi connectivity index (χ1) is 12.4. The van der Waals surface area contributed by atoms with Gasteiger partial charge in [0.15, 0.2) is 0 Å². The molecule has 1 aliphatic heterocycles. The van der Waals surface area contributed by atoms with Gasteiger partial charge in [0.1, 0.15) is 19.3 Å². The summed E-state index contributed by atoms with van der Waals surface area (Å²) in [5.74, 6) is 1.84. The molecule has 1 aliphatic rings. The van der Waals surface area contributed by atoms with Crippen LogP contribution < -0.4 is 9.47 Å². The molecule has 27 heavy (non-hydrogen) atoms. The van der Waals surface area contributed by atoms with Crippen LogP contribution in [-0.2, 0) is 37.4 Å². The first kappa shape index (κ1) is 24.1. The van der Waals surface area contributed by atoms with Gasteiger partial charge in [-0.3, -0.25) is 0 Å². The van der Waals surface area contributed by atoms with Crippen molar-refractivity contribution in [3.63, 3.8) is 0 Å². The molecule has 4 nitrogen and oxygen atoms in total. The van der Waals surface area contributed by atoms with E-state index in [0.29, 0.717) is 19.3 Å². The minimum Gasteiger partial charge on any atom is -0.516 e. The smallest absolute Gasteiger partial charge is 0.115 e. The number of aryl methyl sites for hydroxylation is 4. The van der Waals surface area contributed by atoms with E-state index in [1.165, 1.54) is 0 Å². The number of ether oxygens (including phenoxy) is 3. The Morgan fingerprint density at radius 3 is 1.74 bits per heavy atom. The summed E-state index contributed by atoms with van der Waals surface area (Å²) in [6, 6.07) is 13.7. The van der Waals surface area contributed by atoms with Crippen LogP contribution in [0.25, 0.3) is 0 Å². The maximum absolute atomic E-state index is 9.06. The van der Waals surface area contributed by atoms with Crippen LogP contribution in [0, 0.1) is 39.8 Å². The van der Waals surface area contributed by atoms with Crippen LogP contribution in [0.4, 0.5) is 0 Å². The van der Waals surface area contributed by atoms with Crippen molar-refractivity contribution in [1.29, 1.82) is 0 Å². The van der Waals surface area contributed by atoms with E-state index in [-0.39, 0.29) is 32.7 Å². The van der Waals surface area contributed by atoms with Gasteiger partial charge in [-0.1, -0.05) is 27.7 Å². The van der Waals surface area contributed by atoms with E-state index in [9.17, 15) is 0 Å². The Morgan fingerprint density at radius 1 is 0.963 bits per heavy atom. The summed E-state index contributed by atoms with van der Waals surface area (Å²) in [5, 5.41) is 9.06. The Hall–Kier alpha value is -0.936. The summed E-state index contributed by atoms with van der Waals surface area (Å²) < 4.78 is 16.2. The van der Waals surface area contributed by atoms with Crippen molar-refractivity contribution in [3.8, 4) is 11.5 Å². The third-order valence-electron chi connectivity index (χ3n) is 3.92. The summed E-state index contributed by atoms with van der Waals surface area (Å²) >= 11 is 0. The molecule has 2 unspecified atom stereocenters. The van der Waals surface area contributed by atoms with Gasteiger partial charge in [0.05, 0.1) is 12.7 Å². The second-order valence-electron chi connectivity index (χ2n) is 6.73. The zero-order valence-electron chi connectivity index (χ0n) is 16.8. The normalized spacial score (nSPS) is 15.7. The Balaban J connectivity index is 0.000000260. The summed E-state index contributed by atoms with van der Waals surface area (Å²) in [7, 11) is 0. The van der Waals surface area contributed by atoms with Gasteiger partial charge in [-0.05, 0) is 6.92 Å². The molecule has 1 heterocycles. The monoisotopic (exact) mass is 445 g/mol. The van der Waals surface area contributed by atoms with Crippen molar-refractivity contribution in [3.05, 3.63) is 58.7 Å². The number of epoxide rings is 1. The maximum atomic E-state index is 9.06. The fraction of sp³-hybridized carbons (Fsp3) is 0.455. The van der Waals surface area contributed by atoms with Crippen molar-refractivity contribution in [2.75, 3.05) is 19.8 Å². The quantitative estimate of drug-likeness (QED) is 0.544. The van der Waals surface area contributed by atoms with Gasteiger partial charge in [0, 0.05) is 44.2 Å². The molecule has 0 aromatic heterocycles. The van der Waals surface area contributed by atoms with Gasteiger partial charge in [-0.25, -0.2) is 0 Å². The van der Waals surface area contributed by atoms with Crippen LogP contribution in [0.1, 0.15) is 29.2 Å². The number of rotatable bonds is 6. The predicted molar refractivity (Wildman–Crippen MR) is 102 cm³/mol. The van der Waals surface area contributed by atoms with E-state index in [2.05, 4.69) is 12.1 Å². The van der Waals surface area contributed by atoms with E-state index in [4.69, 9.17) is 19.3 Å². The van der Waals surface area contributed by atoms with Crippen molar-refractivity contribution in [2.45, 2.75) is 46.8 Å². The predicted octanol–water partition coefficient (Wildman–Crippen LogP) is 3.74. The van der Waals surface area contributed by atoms with E-state index in [1.807, 2.05) is 52.0 Å². The Bertz CT molecular complexity index is 617. The molecule has 145 valence electrons. The minimum atomic E-state index is -0.428. The van der Waals surface area contributed by atoms with Crippen LogP contribution in [0.5, 0.6) is 11.5 Å². The van der Waals surface area contributed by atoms with E-state index in [1.54, 1.807) is 6.92 Å². The molecule has 5 heteroatoms. The second kappa shape index (κ2) is 11.8. The Kier molecular flexibility index (Phi) is 10.5. The zero-order valence-corrected chi connectivity index (χ0v) is 19.7. The number of hydrogen-bond acceptors (Lipinski definition) is 4. The molecule has 0 saturated carbocycles. The summed E-state index contributed by atoms with van der Waals surface area (Å²) in [5.41, 5.74) is 4.39. The molecule has 0 amide bonds. The second-order valence-corrected chi connectivity index (χ2v) is 6.73. The molecule has 0 aliphatic carbocycles. The molecular formula is C22H28O4Y-2. The van der Waals surface area contributed by atoms with E-state index < -0.39 is 6.10 Å². The standard InChI is InChI=1S/C11H13O2.C11H15O2.Y/c1-8-4-3-5-9(2)11(8)13-7-10-6-12-10;1-8-5-4-6-9(2)11(8)13-7-10(3)12;/h4-5,10H,6-7H2,1-2H3;5-6,10,12H,7H2,1-3H3;/q2*-1;. The average molecular weight is 445 g/mol. The molecule has 3 rings (SSSR count). The zero-order chi connectivity index (χ0) is 19.1. The molecule has 2 aromatic carbocycles. The number of hydrogen-bond donors (Lipinski definition) is 1. The van der Waals surface area contributed by atoms with E-state index in [0.717, 1.165) is 40.4 Å².